The Morgan fingerprint density at radius 3 is 1.63 bits per heavy atom. The van der Waals surface area contributed by atoms with Crippen LogP contribution in [0.25, 0.3) is 0 Å². The van der Waals surface area contributed by atoms with Crippen molar-refractivity contribution < 1.29 is 19.1 Å². The summed E-state index contributed by atoms with van der Waals surface area (Å²) in [7, 11) is 0. The molecule has 0 bridgehead atoms. The molecule has 27 heavy (non-hydrogen) atoms. The van der Waals surface area contributed by atoms with Crippen LogP contribution in [0.4, 0.5) is 0 Å². The second-order valence-electron chi connectivity index (χ2n) is 6.82. The highest BCUT2D eigenvalue weighted by atomic mass is 16.5. The van der Waals surface area contributed by atoms with Gasteiger partial charge in [-0.25, -0.2) is 9.59 Å². The summed E-state index contributed by atoms with van der Waals surface area (Å²) in [6.07, 6.45) is 8.85. The molecule has 0 aliphatic heterocycles. The minimum absolute atomic E-state index is 0.289. The molecule has 1 aromatic heterocycles. The van der Waals surface area contributed by atoms with E-state index in [1.54, 1.807) is 27.7 Å². The van der Waals surface area contributed by atoms with E-state index in [0.717, 1.165) is 18.4 Å². The Morgan fingerprint density at radius 1 is 0.741 bits per heavy atom. The van der Waals surface area contributed by atoms with E-state index in [2.05, 4.69) is 11.9 Å². The Kier molecular flexibility index (Phi) is 10.7. The molecule has 5 nitrogen and oxygen atoms in total. The lowest BCUT2D eigenvalue weighted by Crippen LogP contribution is -2.19. The molecule has 1 aromatic rings. The van der Waals surface area contributed by atoms with E-state index in [0.29, 0.717) is 28.9 Å². The number of hydrogen-bond donors (Lipinski definition) is 0. The molecule has 0 unspecified atom stereocenters. The third-order valence-corrected chi connectivity index (χ3v) is 4.65. The first-order valence-electron chi connectivity index (χ1n) is 10.3. The summed E-state index contributed by atoms with van der Waals surface area (Å²) in [5.41, 5.74) is 2.80. The molecule has 0 radical (unpaired) electrons. The lowest BCUT2D eigenvalue weighted by atomic mass is 9.93. The second-order valence-corrected chi connectivity index (χ2v) is 6.82. The largest absolute Gasteiger partial charge is 0.462 e. The molecule has 152 valence electrons. The molecular formula is C22H35NO4. The van der Waals surface area contributed by atoms with E-state index >= 15 is 0 Å². The van der Waals surface area contributed by atoms with Crippen molar-refractivity contribution in [3.63, 3.8) is 0 Å². The zero-order valence-electron chi connectivity index (χ0n) is 17.7. The smallest absolute Gasteiger partial charge is 0.340 e. The molecule has 5 heteroatoms. The molecule has 0 atom stereocenters. The fraction of sp³-hybridized carbons (Fsp3) is 0.682. The van der Waals surface area contributed by atoms with Crippen LogP contribution in [0, 0.1) is 13.8 Å². The average Bonchev–Trinajstić information content (AvgIpc) is 2.60. The van der Waals surface area contributed by atoms with E-state index in [-0.39, 0.29) is 13.2 Å². The van der Waals surface area contributed by atoms with E-state index in [1.807, 2.05) is 0 Å². The van der Waals surface area contributed by atoms with Gasteiger partial charge in [-0.05, 0) is 46.1 Å². The normalized spacial score (nSPS) is 10.7. The van der Waals surface area contributed by atoms with Crippen molar-refractivity contribution in [1.29, 1.82) is 0 Å². The Labute approximate surface area is 163 Å². The maximum Gasteiger partial charge on any atom is 0.340 e. The van der Waals surface area contributed by atoms with Crippen molar-refractivity contribution in [2.75, 3.05) is 13.2 Å². The van der Waals surface area contributed by atoms with Gasteiger partial charge >= 0.3 is 11.9 Å². The van der Waals surface area contributed by atoms with Crippen molar-refractivity contribution in [2.24, 2.45) is 0 Å². The molecule has 0 aliphatic carbocycles. The number of carbonyl (C=O) groups excluding carboxylic acids is 2. The minimum Gasteiger partial charge on any atom is -0.462 e. The van der Waals surface area contributed by atoms with Gasteiger partial charge in [0.1, 0.15) is 0 Å². The Morgan fingerprint density at radius 2 is 1.19 bits per heavy atom. The average molecular weight is 378 g/mol. The first-order chi connectivity index (χ1) is 13.0. The van der Waals surface area contributed by atoms with Gasteiger partial charge in [-0.2, -0.15) is 0 Å². The summed E-state index contributed by atoms with van der Waals surface area (Å²) in [5.74, 6) is -0.822. The van der Waals surface area contributed by atoms with Gasteiger partial charge in [-0.15, -0.1) is 0 Å². The lowest BCUT2D eigenvalue weighted by Gasteiger charge is -2.17. The summed E-state index contributed by atoms with van der Waals surface area (Å²) in [6, 6.07) is 0. The van der Waals surface area contributed by atoms with Gasteiger partial charge in [-0.1, -0.05) is 45.4 Å². The molecule has 0 aliphatic rings. The number of aryl methyl sites for hydroxylation is 2. The van der Waals surface area contributed by atoms with Crippen LogP contribution in [0.3, 0.4) is 0 Å². The number of pyridine rings is 1. The number of ether oxygens (including phenoxy) is 2. The van der Waals surface area contributed by atoms with Gasteiger partial charge in [0.05, 0.1) is 35.7 Å². The molecule has 0 saturated carbocycles. The maximum absolute atomic E-state index is 12.5. The molecule has 1 heterocycles. The quantitative estimate of drug-likeness (QED) is 0.363. The standard InChI is InChI=1S/C22H35NO4/c1-6-9-10-11-12-13-14-15-18-19(21(24)26-7-2)16(4)23-17(5)20(18)22(25)27-8-3/h6-15H2,1-5H3. The number of rotatable bonds is 12. The maximum atomic E-state index is 12.5. The highest BCUT2D eigenvalue weighted by Crippen LogP contribution is 2.25. The molecular weight excluding hydrogens is 342 g/mol. The molecule has 0 fully saturated rings. The molecule has 0 N–H and O–H groups in total. The number of hydrogen-bond acceptors (Lipinski definition) is 5. The third kappa shape index (κ3) is 6.96. The third-order valence-electron chi connectivity index (χ3n) is 4.65. The van der Waals surface area contributed by atoms with Gasteiger partial charge in [0.25, 0.3) is 0 Å². The first kappa shape index (κ1) is 23.1. The van der Waals surface area contributed by atoms with Gasteiger partial charge in [-0.3, -0.25) is 4.98 Å². The van der Waals surface area contributed by atoms with Crippen molar-refractivity contribution in [2.45, 2.75) is 86.0 Å². The molecule has 0 saturated heterocycles. The van der Waals surface area contributed by atoms with E-state index < -0.39 is 11.9 Å². The molecule has 0 aromatic carbocycles. The van der Waals surface area contributed by atoms with Crippen LogP contribution in [-0.2, 0) is 15.9 Å². The van der Waals surface area contributed by atoms with Gasteiger partial charge in [0.15, 0.2) is 0 Å². The molecule has 0 spiro atoms. The number of esters is 2. The van der Waals surface area contributed by atoms with Crippen LogP contribution in [-0.4, -0.2) is 30.1 Å². The fourth-order valence-corrected chi connectivity index (χ4v) is 3.38. The zero-order chi connectivity index (χ0) is 20.2. The number of aromatic nitrogens is 1. The van der Waals surface area contributed by atoms with Crippen molar-refractivity contribution in [3.8, 4) is 0 Å². The van der Waals surface area contributed by atoms with Crippen LogP contribution >= 0.6 is 0 Å². The molecule has 0 amide bonds. The molecule has 1 rings (SSSR count). The van der Waals surface area contributed by atoms with Gasteiger partial charge in [0.2, 0.25) is 0 Å². The highest BCUT2D eigenvalue weighted by Gasteiger charge is 2.26. The topological polar surface area (TPSA) is 65.5 Å². The lowest BCUT2D eigenvalue weighted by molar-refractivity contribution is 0.0520. The van der Waals surface area contributed by atoms with Gasteiger partial charge in [0, 0.05) is 0 Å². The highest BCUT2D eigenvalue weighted by molar-refractivity contribution is 5.99. The van der Waals surface area contributed by atoms with Crippen LogP contribution in [0.1, 0.15) is 103 Å². The van der Waals surface area contributed by atoms with Gasteiger partial charge < -0.3 is 9.47 Å². The summed E-state index contributed by atoms with van der Waals surface area (Å²) >= 11 is 0. The van der Waals surface area contributed by atoms with Crippen molar-refractivity contribution in [3.05, 3.63) is 28.1 Å². The number of carbonyl (C=O) groups is 2. The van der Waals surface area contributed by atoms with Crippen molar-refractivity contribution >= 4 is 11.9 Å². The minimum atomic E-state index is -0.411. The van der Waals surface area contributed by atoms with Crippen LogP contribution in [0.5, 0.6) is 0 Å². The summed E-state index contributed by atoms with van der Waals surface area (Å²) < 4.78 is 10.4. The van der Waals surface area contributed by atoms with Crippen LogP contribution < -0.4 is 0 Å². The summed E-state index contributed by atoms with van der Waals surface area (Å²) in [6.45, 7) is 9.93. The SMILES string of the molecule is CCCCCCCCCc1c(C(=O)OCC)c(C)nc(C)c1C(=O)OCC. The van der Waals surface area contributed by atoms with Crippen LogP contribution in [0.2, 0.25) is 0 Å². The second kappa shape index (κ2) is 12.5. The van der Waals surface area contributed by atoms with E-state index in [4.69, 9.17) is 9.47 Å². The predicted octanol–water partition coefficient (Wildman–Crippen LogP) is 5.34. The van der Waals surface area contributed by atoms with Crippen molar-refractivity contribution in [1.82, 2.24) is 4.98 Å². The van der Waals surface area contributed by atoms with E-state index in [9.17, 15) is 9.59 Å². The zero-order valence-corrected chi connectivity index (χ0v) is 17.7. The Hall–Kier alpha value is -1.91. The van der Waals surface area contributed by atoms with E-state index in [1.165, 1.54) is 32.1 Å². The predicted molar refractivity (Wildman–Crippen MR) is 107 cm³/mol. The fourth-order valence-electron chi connectivity index (χ4n) is 3.38. The summed E-state index contributed by atoms with van der Waals surface area (Å²) in [4.78, 5) is 29.5. The monoisotopic (exact) mass is 377 g/mol. The Balaban J connectivity index is 3.06. The number of nitrogens with zero attached hydrogens (tertiary/aromatic N) is 1. The first-order valence-corrected chi connectivity index (χ1v) is 10.3. The Bertz CT molecular complexity index is 583. The van der Waals surface area contributed by atoms with Crippen LogP contribution in [0.15, 0.2) is 0 Å². The number of unbranched alkanes of at least 4 members (excludes halogenated alkanes) is 6. The summed E-state index contributed by atoms with van der Waals surface area (Å²) in [5, 5.41) is 0.